The Morgan fingerprint density at radius 3 is 2.71 bits per heavy atom. The van der Waals surface area contributed by atoms with Gasteiger partial charge in [0.15, 0.2) is 5.82 Å². The molecule has 1 N–H and O–H groups in total. The number of tetrazole rings is 1. The third-order valence-corrected chi connectivity index (χ3v) is 4.23. The Bertz CT molecular complexity index is 634. The molecule has 6 nitrogen and oxygen atoms in total. The van der Waals surface area contributed by atoms with Crippen LogP contribution in [-0.2, 0) is 16.8 Å². The van der Waals surface area contributed by atoms with Crippen LogP contribution in [0.25, 0.3) is 0 Å². The van der Waals surface area contributed by atoms with Gasteiger partial charge in [-0.3, -0.25) is 4.79 Å². The summed E-state index contributed by atoms with van der Waals surface area (Å²) < 4.78 is 1.76. The summed E-state index contributed by atoms with van der Waals surface area (Å²) in [6.07, 6.45) is 2.59. The molecular weight excluding hydrogens is 268 g/mol. The molecule has 3 rings (SSSR count). The summed E-state index contributed by atoms with van der Waals surface area (Å²) in [5.74, 6) is -0.325. The van der Waals surface area contributed by atoms with Gasteiger partial charge in [-0.15, -0.1) is 5.10 Å². The molecule has 21 heavy (non-hydrogen) atoms. The number of aryl methyl sites for hydroxylation is 1. The van der Waals surface area contributed by atoms with Crippen LogP contribution in [0.15, 0.2) is 30.3 Å². The third kappa shape index (κ3) is 2.53. The fraction of sp³-hybridized carbons (Fsp3) is 0.467. The van der Waals surface area contributed by atoms with Crippen LogP contribution in [0.4, 0.5) is 0 Å². The SMILES string of the molecule is CC(CCn1nnnc1C1(c2ccccc2)CC1)C(=O)O. The van der Waals surface area contributed by atoms with Gasteiger partial charge in [0.2, 0.25) is 0 Å². The molecule has 1 heterocycles. The van der Waals surface area contributed by atoms with Gasteiger partial charge in [-0.05, 0) is 35.3 Å². The molecule has 0 aliphatic heterocycles. The fourth-order valence-corrected chi connectivity index (χ4v) is 2.66. The molecule has 1 aliphatic carbocycles. The summed E-state index contributed by atoms with van der Waals surface area (Å²) in [7, 11) is 0. The molecule has 1 saturated carbocycles. The second-order valence-corrected chi connectivity index (χ2v) is 5.70. The van der Waals surface area contributed by atoms with E-state index in [1.807, 2.05) is 18.2 Å². The third-order valence-electron chi connectivity index (χ3n) is 4.23. The molecule has 1 aromatic carbocycles. The molecule has 1 unspecified atom stereocenters. The van der Waals surface area contributed by atoms with Crippen LogP contribution >= 0.6 is 0 Å². The van der Waals surface area contributed by atoms with Crippen molar-refractivity contribution in [3.05, 3.63) is 41.7 Å². The Morgan fingerprint density at radius 1 is 1.38 bits per heavy atom. The van der Waals surface area contributed by atoms with Gasteiger partial charge in [-0.2, -0.15) is 0 Å². The standard InChI is InChI=1S/C15H18N4O2/c1-11(13(20)21)7-10-19-14(16-17-18-19)15(8-9-15)12-5-3-2-4-6-12/h2-6,11H,7-10H2,1H3,(H,20,21). The van der Waals surface area contributed by atoms with E-state index < -0.39 is 11.9 Å². The molecule has 0 saturated heterocycles. The number of nitrogens with zero attached hydrogens (tertiary/aromatic N) is 4. The van der Waals surface area contributed by atoms with E-state index in [-0.39, 0.29) is 5.41 Å². The number of carbonyl (C=O) groups is 1. The van der Waals surface area contributed by atoms with Crippen molar-refractivity contribution in [3.63, 3.8) is 0 Å². The van der Waals surface area contributed by atoms with E-state index in [1.54, 1.807) is 11.6 Å². The number of carboxylic acids is 1. The van der Waals surface area contributed by atoms with Gasteiger partial charge in [-0.1, -0.05) is 37.3 Å². The van der Waals surface area contributed by atoms with Crippen LogP contribution in [0.1, 0.15) is 37.6 Å². The van der Waals surface area contributed by atoms with Crippen LogP contribution < -0.4 is 0 Å². The molecule has 2 aromatic rings. The molecule has 110 valence electrons. The Hall–Kier alpha value is -2.24. The van der Waals surface area contributed by atoms with E-state index >= 15 is 0 Å². The number of aromatic nitrogens is 4. The fourth-order valence-electron chi connectivity index (χ4n) is 2.66. The van der Waals surface area contributed by atoms with Gasteiger partial charge in [-0.25, -0.2) is 4.68 Å². The summed E-state index contributed by atoms with van der Waals surface area (Å²) in [5, 5.41) is 21.0. The molecular formula is C15H18N4O2. The molecule has 1 aromatic heterocycles. The van der Waals surface area contributed by atoms with Gasteiger partial charge >= 0.3 is 5.97 Å². The Balaban J connectivity index is 1.81. The molecule has 0 radical (unpaired) electrons. The predicted molar refractivity (Wildman–Crippen MR) is 75.7 cm³/mol. The highest BCUT2D eigenvalue weighted by atomic mass is 16.4. The van der Waals surface area contributed by atoms with Gasteiger partial charge in [0, 0.05) is 6.54 Å². The first-order chi connectivity index (χ1) is 10.1. The topological polar surface area (TPSA) is 80.9 Å². The Kier molecular flexibility index (Phi) is 3.45. The minimum atomic E-state index is -0.784. The highest BCUT2D eigenvalue weighted by Crippen LogP contribution is 2.52. The number of aliphatic carboxylic acids is 1. The summed E-state index contributed by atoms with van der Waals surface area (Å²) in [4.78, 5) is 10.9. The van der Waals surface area contributed by atoms with E-state index in [0.717, 1.165) is 18.7 Å². The first-order valence-corrected chi connectivity index (χ1v) is 7.18. The highest BCUT2D eigenvalue weighted by Gasteiger charge is 2.50. The lowest BCUT2D eigenvalue weighted by molar-refractivity contribution is -0.141. The van der Waals surface area contributed by atoms with Crippen LogP contribution in [0.3, 0.4) is 0 Å². The lowest BCUT2D eigenvalue weighted by Gasteiger charge is -2.15. The zero-order valence-corrected chi connectivity index (χ0v) is 11.9. The zero-order chi connectivity index (χ0) is 14.9. The average molecular weight is 286 g/mol. The van der Waals surface area contributed by atoms with Crippen molar-refractivity contribution in [3.8, 4) is 0 Å². The molecule has 0 bridgehead atoms. The maximum absolute atomic E-state index is 10.9. The zero-order valence-electron chi connectivity index (χ0n) is 11.9. The lowest BCUT2D eigenvalue weighted by atomic mass is 9.95. The molecule has 0 spiro atoms. The molecule has 0 amide bonds. The van der Waals surface area contributed by atoms with Crippen molar-refractivity contribution < 1.29 is 9.90 Å². The summed E-state index contributed by atoms with van der Waals surface area (Å²) in [6, 6.07) is 10.3. The van der Waals surface area contributed by atoms with Crippen LogP contribution in [0, 0.1) is 5.92 Å². The summed E-state index contributed by atoms with van der Waals surface area (Å²) in [5.41, 5.74) is 1.14. The first kappa shape index (κ1) is 13.7. The Labute approximate surface area is 122 Å². The minimum absolute atomic E-state index is 0.0861. The number of hydrogen-bond acceptors (Lipinski definition) is 4. The summed E-state index contributed by atoms with van der Waals surface area (Å²) in [6.45, 7) is 2.24. The average Bonchev–Trinajstić information content (AvgIpc) is 3.17. The lowest BCUT2D eigenvalue weighted by Crippen LogP contribution is -2.20. The number of benzene rings is 1. The molecule has 1 aliphatic rings. The predicted octanol–water partition coefficient (Wildman–Crippen LogP) is 1.86. The van der Waals surface area contributed by atoms with E-state index in [2.05, 4.69) is 27.7 Å². The van der Waals surface area contributed by atoms with Crippen LogP contribution in [0.2, 0.25) is 0 Å². The van der Waals surface area contributed by atoms with Crippen LogP contribution in [-0.4, -0.2) is 31.3 Å². The Morgan fingerprint density at radius 2 is 2.10 bits per heavy atom. The molecule has 6 heteroatoms. The van der Waals surface area contributed by atoms with Gasteiger partial charge in [0.25, 0.3) is 0 Å². The highest BCUT2D eigenvalue weighted by molar-refractivity contribution is 5.69. The normalized spacial score (nSPS) is 17.4. The molecule has 1 atom stereocenters. The maximum Gasteiger partial charge on any atom is 0.306 e. The smallest absolute Gasteiger partial charge is 0.306 e. The summed E-state index contributed by atoms with van der Waals surface area (Å²) >= 11 is 0. The van der Waals surface area contributed by atoms with Crippen molar-refractivity contribution in [2.75, 3.05) is 0 Å². The van der Waals surface area contributed by atoms with E-state index in [4.69, 9.17) is 5.11 Å². The van der Waals surface area contributed by atoms with Crippen molar-refractivity contribution in [1.82, 2.24) is 20.2 Å². The van der Waals surface area contributed by atoms with Gasteiger partial charge in [0.05, 0.1) is 11.3 Å². The van der Waals surface area contributed by atoms with Crippen molar-refractivity contribution in [2.45, 2.75) is 38.1 Å². The van der Waals surface area contributed by atoms with Crippen molar-refractivity contribution in [2.24, 2.45) is 5.92 Å². The van der Waals surface area contributed by atoms with Crippen molar-refractivity contribution in [1.29, 1.82) is 0 Å². The first-order valence-electron chi connectivity index (χ1n) is 7.18. The van der Waals surface area contributed by atoms with E-state index in [1.165, 1.54) is 5.56 Å². The maximum atomic E-state index is 10.9. The van der Waals surface area contributed by atoms with Crippen molar-refractivity contribution >= 4 is 5.97 Å². The van der Waals surface area contributed by atoms with E-state index in [9.17, 15) is 4.79 Å². The number of carboxylic acid groups (broad SMARTS) is 1. The minimum Gasteiger partial charge on any atom is -0.481 e. The van der Waals surface area contributed by atoms with Gasteiger partial charge < -0.3 is 5.11 Å². The largest absolute Gasteiger partial charge is 0.481 e. The quantitative estimate of drug-likeness (QED) is 0.876. The van der Waals surface area contributed by atoms with E-state index in [0.29, 0.717) is 13.0 Å². The van der Waals surface area contributed by atoms with Crippen LogP contribution in [0.5, 0.6) is 0 Å². The number of hydrogen-bond donors (Lipinski definition) is 1. The monoisotopic (exact) mass is 286 g/mol. The molecule has 1 fully saturated rings. The number of rotatable bonds is 6. The van der Waals surface area contributed by atoms with Gasteiger partial charge in [0.1, 0.15) is 0 Å². The second kappa shape index (κ2) is 5.27. The second-order valence-electron chi connectivity index (χ2n) is 5.70.